The number of morpholine rings is 1. The third kappa shape index (κ3) is 5.32. The highest BCUT2D eigenvalue weighted by atomic mass is 16.5. The van der Waals surface area contributed by atoms with Crippen molar-refractivity contribution in [3.63, 3.8) is 0 Å². The molecule has 0 saturated carbocycles. The first-order valence-electron chi connectivity index (χ1n) is 11.6. The van der Waals surface area contributed by atoms with E-state index >= 15 is 0 Å². The monoisotopic (exact) mass is 442 g/mol. The highest BCUT2D eigenvalue weighted by Crippen LogP contribution is 2.28. The number of rotatable bonds is 8. The zero-order chi connectivity index (χ0) is 22.5. The number of anilines is 2. The number of aromatic nitrogens is 3. The number of nitrogens with two attached hydrogens (primary N) is 1. The summed E-state index contributed by atoms with van der Waals surface area (Å²) in [4.78, 5) is 14.7. The van der Waals surface area contributed by atoms with Gasteiger partial charge in [-0.15, -0.1) is 0 Å². The lowest BCUT2D eigenvalue weighted by Crippen LogP contribution is -2.37. The Bertz CT molecular complexity index is 1180. The zero-order valence-electron chi connectivity index (χ0n) is 18.8. The van der Waals surface area contributed by atoms with Crippen LogP contribution in [0.25, 0.3) is 22.0 Å². The summed E-state index contributed by atoms with van der Waals surface area (Å²) < 4.78 is 5.43. The molecule has 2 aromatic heterocycles. The van der Waals surface area contributed by atoms with E-state index in [0.29, 0.717) is 0 Å². The summed E-state index contributed by atoms with van der Waals surface area (Å²) in [5, 5.41) is 4.72. The van der Waals surface area contributed by atoms with Crippen LogP contribution in [0.1, 0.15) is 17.7 Å². The molecular formula is C26H30N6O. The molecule has 0 aliphatic carbocycles. The second-order valence-electron chi connectivity index (χ2n) is 8.48. The molecule has 0 unspecified atom stereocenters. The van der Waals surface area contributed by atoms with Crippen LogP contribution >= 0.6 is 0 Å². The molecule has 1 aliphatic rings. The number of para-hydroxylation sites is 1. The molecule has 0 atom stereocenters. The van der Waals surface area contributed by atoms with Gasteiger partial charge in [0.05, 0.1) is 13.2 Å². The third-order valence-electron chi connectivity index (χ3n) is 6.07. The summed E-state index contributed by atoms with van der Waals surface area (Å²) in [6.07, 6.45) is 3.68. The lowest BCUT2D eigenvalue weighted by atomic mass is 10.0. The lowest BCUT2D eigenvalue weighted by Gasteiger charge is -2.26. The molecule has 0 bridgehead atoms. The van der Waals surface area contributed by atoms with Crippen LogP contribution in [0.4, 0.5) is 11.8 Å². The van der Waals surface area contributed by atoms with Crippen LogP contribution in [0.15, 0.2) is 60.8 Å². The van der Waals surface area contributed by atoms with Crippen LogP contribution < -0.4 is 11.1 Å². The Labute approximate surface area is 194 Å². The first kappa shape index (κ1) is 21.4. The molecule has 1 saturated heterocycles. The van der Waals surface area contributed by atoms with Crippen LogP contribution in [0.5, 0.6) is 0 Å². The standard InChI is InChI=1S/C26H30N6O/c27-26-29-18-23(25(31-26)28-9-4-10-32-11-13-33-14-12-32)20-7-3-5-19(15-20)16-22-17-21-6-1-2-8-24(21)30-22/h1-3,5-8,15,17-18,30H,4,9-14,16H2,(H3,27,28,29,31). The van der Waals surface area contributed by atoms with Crippen LogP contribution in [0.2, 0.25) is 0 Å². The van der Waals surface area contributed by atoms with Crippen LogP contribution in [-0.4, -0.2) is 59.2 Å². The van der Waals surface area contributed by atoms with Crippen molar-refractivity contribution in [2.24, 2.45) is 0 Å². The predicted molar refractivity (Wildman–Crippen MR) is 133 cm³/mol. The maximum Gasteiger partial charge on any atom is 0.221 e. The predicted octanol–water partition coefficient (Wildman–Crippen LogP) is 3.93. The van der Waals surface area contributed by atoms with Crippen molar-refractivity contribution in [1.82, 2.24) is 19.9 Å². The van der Waals surface area contributed by atoms with Gasteiger partial charge in [-0.3, -0.25) is 4.90 Å². The Morgan fingerprint density at radius 2 is 1.94 bits per heavy atom. The largest absolute Gasteiger partial charge is 0.379 e. The summed E-state index contributed by atoms with van der Waals surface area (Å²) in [7, 11) is 0. The molecule has 7 heteroatoms. The number of nitrogen functional groups attached to an aromatic ring is 1. The molecule has 0 radical (unpaired) electrons. The van der Waals surface area contributed by atoms with Crippen molar-refractivity contribution in [2.45, 2.75) is 12.8 Å². The molecule has 33 heavy (non-hydrogen) atoms. The molecule has 1 fully saturated rings. The average Bonchev–Trinajstić information content (AvgIpc) is 3.25. The SMILES string of the molecule is Nc1ncc(-c2cccc(Cc3cc4ccccc4[nH]3)c2)c(NCCCN2CCOCC2)n1. The fraction of sp³-hybridized carbons (Fsp3) is 0.308. The number of hydrogen-bond acceptors (Lipinski definition) is 6. The fourth-order valence-corrected chi connectivity index (χ4v) is 4.37. The Morgan fingerprint density at radius 3 is 2.82 bits per heavy atom. The number of benzene rings is 2. The van der Waals surface area contributed by atoms with Crippen molar-refractivity contribution in [3.05, 3.63) is 72.1 Å². The second-order valence-corrected chi connectivity index (χ2v) is 8.48. The molecular weight excluding hydrogens is 412 g/mol. The topological polar surface area (TPSA) is 92.1 Å². The average molecular weight is 443 g/mol. The van der Waals surface area contributed by atoms with Gasteiger partial charge in [0.15, 0.2) is 0 Å². The van der Waals surface area contributed by atoms with E-state index in [1.165, 1.54) is 22.2 Å². The van der Waals surface area contributed by atoms with Crippen molar-refractivity contribution in [2.75, 3.05) is 50.4 Å². The number of aromatic amines is 1. The van der Waals surface area contributed by atoms with Gasteiger partial charge < -0.3 is 20.8 Å². The Balaban J connectivity index is 1.29. The molecule has 0 amide bonds. The number of fused-ring (bicyclic) bond motifs is 1. The smallest absolute Gasteiger partial charge is 0.221 e. The summed E-state index contributed by atoms with van der Waals surface area (Å²) in [6.45, 7) is 5.55. The lowest BCUT2D eigenvalue weighted by molar-refractivity contribution is 0.0378. The third-order valence-corrected chi connectivity index (χ3v) is 6.07. The Kier molecular flexibility index (Phi) is 6.51. The van der Waals surface area contributed by atoms with Gasteiger partial charge in [-0.1, -0.05) is 42.5 Å². The molecule has 0 spiro atoms. The van der Waals surface area contributed by atoms with E-state index < -0.39 is 0 Å². The quantitative estimate of drug-likeness (QED) is 0.358. The van der Waals surface area contributed by atoms with Gasteiger partial charge in [-0.25, -0.2) is 4.98 Å². The summed E-state index contributed by atoms with van der Waals surface area (Å²) in [6, 6.07) is 19.1. The first-order chi connectivity index (χ1) is 16.2. The minimum atomic E-state index is 0.281. The van der Waals surface area contributed by atoms with Crippen molar-refractivity contribution >= 4 is 22.7 Å². The molecule has 5 rings (SSSR count). The van der Waals surface area contributed by atoms with Crippen molar-refractivity contribution in [3.8, 4) is 11.1 Å². The van der Waals surface area contributed by atoms with Gasteiger partial charge in [0.25, 0.3) is 0 Å². The summed E-state index contributed by atoms with van der Waals surface area (Å²) in [5.74, 6) is 1.07. The van der Waals surface area contributed by atoms with Crippen molar-refractivity contribution in [1.29, 1.82) is 0 Å². The summed E-state index contributed by atoms with van der Waals surface area (Å²) in [5.41, 5.74) is 11.6. The van der Waals surface area contributed by atoms with Gasteiger partial charge in [0.1, 0.15) is 5.82 Å². The molecule has 3 heterocycles. The second kappa shape index (κ2) is 10.0. The number of H-pyrrole nitrogens is 1. The van der Waals surface area contributed by atoms with Gasteiger partial charge in [-0.05, 0) is 41.6 Å². The van der Waals surface area contributed by atoms with Gasteiger partial charge in [0, 0.05) is 49.0 Å². The maximum atomic E-state index is 5.91. The number of nitrogens with zero attached hydrogens (tertiary/aromatic N) is 3. The van der Waals surface area contributed by atoms with Gasteiger partial charge in [-0.2, -0.15) is 4.98 Å². The minimum Gasteiger partial charge on any atom is -0.379 e. The van der Waals surface area contributed by atoms with E-state index in [9.17, 15) is 0 Å². The highest BCUT2D eigenvalue weighted by Gasteiger charge is 2.12. The highest BCUT2D eigenvalue weighted by molar-refractivity contribution is 5.80. The van der Waals surface area contributed by atoms with E-state index in [-0.39, 0.29) is 5.95 Å². The first-order valence-corrected chi connectivity index (χ1v) is 11.6. The van der Waals surface area contributed by atoms with Crippen LogP contribution in [0, 0.1) is 0 Å². The van der Waals surface area contributed by atoms with Gasteiger partial charge in [0.2, 0.25) is 5.95 Å². The van der Waals surface area contributed by atoms with Gasteiger partial charge >= 0.3 is 0 Å². The molecule has 4 N–H and O–H groups in total. The van der Waals surface area contributed by atoms with E-state index in [0.717, 1.165) is 69.2 Å². The molecule has 4 aromatic rings. The molecule has 2 aromatic carbocycles. The summed E-state index contributed by atoms with van der Waals surface area (Å²) >= 11 is 0. The zero-order valence-corrected chi connectivity index (χ0v) is 18.8. The van der Waals surface area contributed by atoms with E-state index in [1.54, 1.807) is 0 Å². The van der Waals surface area contributed by atoms with Crippen molar-refractivity contribution < 1.29 is 4.74 Å². The Hall–Kier alpha value is -3.42. The maximum absolute atomic E-state index is 5.91. The molecule has 1 aliphatic heterocycles. The number of hydrogen-bond donors (Lipinski definition) is 3. The number of ether oxygens (including phenoxy) is 1. The minimum absolute atomic E-state index is 0.281. The molecule has 170 valence electrons. The normalized spacial score (nSPS) is 14.5. The number of nitrogens with one attached hydrogen (secondary N) is 2. The fourth-order valence-electron chi connectivity index (χ4n) is 4.37. The van der Waals surface area contributed by atoms with Crippen LogP contribution in [-0.2, 0) is 11.2 Å². The Morgan fingerprint density at radius 1 is 1.06 bits per heavy atom. The van der Waals surface area contributed by atoms with Crippen LogP contribution in [0.3, 0.4) is 0 Å². The van der Waals surface area contributed by atoms with E-state index in [1.807, 2.05) is 6.20 Å². The van der Waals surface area contributed by atoms with E-state index in [4.69, 9.17) is 10.5 Å². The molecule has 7 nitrogen and oxygen atoms in total. The van der Waals surface area contributed by atoms with E-state index in [2.05, 4.69) is 79.8 Å².